The Morgan fingerprint density at radius 2 is 2.04 bits per heavy atom. The molecule has 0 aliphatic carbocycles. The van der Waals surface area contributed by atoms with Gasteiger partial charge < -0.3 is 9.64 Å². The van der Waals surface area contributed by atoms with Gasteiger partial charge in [0.1, 0.15) is 5.69 Å². The van der Waals surface area contributed by atoms with E-state index >= 15 is 0 Å². The summed E-state index contributed by atoms with van der Waals surface area (Å²) in [5.74, 6) is -0.864. The lowest BCUT2D eigenvalue weighted by Gasteiger charge is -2.15. The van der Waals surface area contributed by atoms with Crippen LogP contribution in [0.4, 0.5) is 0 Å². The number of carbonyl (C=O) groups excluding carboxylic acids is 2. The van der Waals surface area contributed by atoms with E-state index in [2.05, 4.69) is 10.3 Å². The van der Waals surface area contributed by atoms with Crippen LogP contribution in [0.25, 0.3) is 6.08 Å². The lowest BCUT2D eigenvalue weighted by atomic mass is 10.2. The van der Waals surface area contributed by atoms with Crippen LogP contribution in [0.3, 0.4) is 0 Å². The molecule has 8 heteroatoms. The highest BCUT2D eigenvalue weighted by molar-refractivity contribution is 7.07. The maximum absolute atomic E-state index is 12.0. The van der Waals surface area contributed by atoms with Crippen LogP contribution in [0, 0.1) is 0 Å². The zero-order valence-corrected chi connectivity index (χ0v) is 16.2. The van der Waals surface area contributed by atoms with E-state index in [4.69, 9.17) is 4.74 Å². The standard InChI is InChI=1S/C20H20N4O3S/c1-23(11-17-9-10-28-15-17)19(25)14-27-20(26)8-7-18-13-24(22-21-18)12-16-5-3-2-4-6-16/h2-10,13,15H,11-12,14H2,1H3/b8-7+. The van der Waals surface area contributed by atoms with Gasteiger partial charge in [-0.1, -0.05) is 35.5 Å². The van der Waals surface area contributed by atoms with Gasteiger partial charge in [0.05, 0.1) is 12.7 Å². The maximum atomic E-state index is 12.0. The molecular weight excluding hydrogens is 376 g/mol. The molecule has 0 fully saturated rings. The highest BCUT2D eigenvalue weighted by Gasteiger charge is 2.11. The first-order chi connectivity index (χ1) is 13.6. The summed E-state index contributed by atoms with van der Waals surface area (Å²) in [4.78, 5) is 25.4. The van der Waals surface area contributed by atoms with Gasteiger partial charge in [-0.2, -0.15) is 11.3 Å². The summed E-state index contributed by atoms with van der Waals surface area (Å²) in [6, 6.07) is 11.8. The fourth-order valence-corrected chi connectivity index (χ4v) is 3.09. The Kier molecular flexibility index (Phi) is 6.69. The lowest BCUT2D eigenvalue weighted by molar-refractivity contribution is -0.147. The van der Waals surface area contributed by atoms with Crippen molar-refractivity contribution in [2.24, 2.45) is 0 Å². The number of likely N-dealkylation sites (N-methyl/N-ethyl adjacent to an activating group) is 1. The van der Waals surface area contributed by atoms with Crippen molar-refractivity contribution >= 4 is 29.3 Å². The molecule has 0 bridgehead atoms. The second-order valence-corrected chi connectivity index (χ2v) is 6.93. The minimum atomic E-state index is -0.602. The first kappa shape index (κ1) is 19.5. The van der Waals surface area contributed by atoms with E-state index in [9.17, 15) is 9.59 Å². The smallest absolute Gasteiger partial charge is 0.331 e. The number of aromatic nitrogens is 3. The summed E-state index contributed by atoms with van der Waals surface area (Å²) in [6.45, 7) is 0.780. The quantitative estimate of drug-likeness (QED) is 0.432. The van der Waals surface area contributed by atoms with Gasteiger partial charge in [-0.15, -0.1) is 5.10 Å². The van der Waals surface area contributed by atoms with Gasteiger partial charge in [-0.25, -0.2) is 9.48 Å². The number of benzene rings is 1. The zero-order valence-electron chi connectivity index (χ0n) is 15.4. The summed E-state index contributed by atoms with van der Waals surface area (Å²) in [5.41, 5.74) is 2.69. The van der Waals surface area contributed by atoms with Crippen molar-refractivity contribution in [3.05, 3.63) is 76.3 Å². The van der Waals surface area contributed by atoms with Crippen LogP contribution in [0.15, 0.2) is 59.4 Å². The second-order valence-electron chi connectivity index (χ2n) is 6.15. The van der Waals surface area contributed by atoms with Gasteiger partial charge >= 0.3 is 5.97 Å². The van der Waals surface area contributed by atoms with E-state index in [-0.39, 0.29) is 12.5 Å². The number of esters is 1. The Labute approximate surface area is 166 Å². The average molecular weight is 396 g/mol. The number of nitrogens with zero attached hydrogens (tertiary/aromatic N) is 4. The molecule has 0 radical (unpaired) electrons. The molecule has 0 saturated carbocycles. The molecule has 1 aromatic carbocycles. The van der Waals surface area contributed by atoms with E-state index in [1.54, 1.807) is 29.3 Å². The van der Waals surface area contributed by atoms with Gasteiger partial charge in [-0.3, -0.25) is 4.79 Å². The fourth-order valence-electron chi connectivity index (χ4n) is 2.43. The van der Waals surface area contributed by atoms with Crippen molar-refractivity contribution in [2.75, 3.05) is 13.7 Å². The minimum Gasteiger partial charge on any atom is -0.452 e. The number of carbonyl (C=O) groups is 2. The summed E-state index contributed by atoms with van der Waals surface area (Å²) in [7, 11) is 1.68. The Balaban J connectivity index is 1.44. The lowest BCUT2D eigenvalue weighted by Crippen LogP contribution is -2.30. The van der Waals surface area contributed by atoms with Crippen LogP contribution < -0.4 is 0 Å². The molecule has 1 amide bonds. The largest absolute Gasteiger partial charge is 0.452 e. The van der Waals surface area contributed by atoms with Crippen LogP contribution >= 0.6 is 11.3 Å². The van der Waals surface area contributed by atoms with Crippen LogP contribution in [0.1, 0.15) is 16.8 Å². The first-order valence-corrected chi connectivity index (χ1v) is 9.58. The first-order valence-electron chi connectivity index (χ1n) is 8.64. The predicted octanol–water partition coefficient (Wildman–Crippen LogP) is 2.60. The maximum Gasteiger partial charge on any atom is 0.331 e. The third-order valence-corrected chi connectivity index (χ3v) is 4.63. The SMILES string of the molecule is CN(Cc1ccsc1)C(=O)COC(=O)/C=C/c1cn(Cc2ccccc2)nn1. The van der Waals surface area contributed by atoms with Gasteiger partial charge in [0.25, 0.3) is 5.91 Å². The van der Waals surface area contributed by atoms with Gasteiger partial charge in [-0.05, 0) is 34.0 Å². The molecule has 2 aromatic heterocycles. The van der Waals surface area contributed by atoms with E-state index in [1.165, 1.54) is 17.1 Å². The van der Waals surface area contributed by atoms with Gasteiger partial charge in [0, 0.05) is 19.7 Å². The van der Waals surface area contributed by atoms with E-state index < -0.39 is 5.97 Å². The summed E-state index contributed by atoms with van der Waals surface area (Å²) in [5, 5.41) is 11.9. The third-order valence-electron chi connectivity index (χ3n) is 3.90. The van der Waals surface area contributed by atoms with Crippen molar-refractivity contribution < 1.29 is 14.3 Å². The number of hydrogen-bond acceptors (Lipinski definition) is 6. The molecule has 3 rings (SSSR count). The molecule has 3 aromatic rings. The van der Waals surface area contributed by atoms with E-state index in [0.717, 1.165) is 11.1 Å². The van der Waals surface area contributed by atoms with Crippen LogP contribution in [-0.4, -0.2) is 45.4 Å². The fraction of sp³-hybridized carbons (Fsp3) is 0.200. The number of hydrogen-bond donors (Lipinski definition) is 0. The predicted molar refractivity (Wildman–Crippen MR) is 106 cm³/mol. The third kappa shape index (κ3) is 5.88. The zero-order chi connectivity index (χ0) is 19.8. The molecule has 0 aliphatic rings. The Bertz CT molecular complexity index is 936. The average Bonchev–Trinajstić information content (AvgIpc) is 3.37. The van der Waals surface area contributed by atoms with Crippen molar-refractivity contribution in [1.29, 1.82) is 0 Å². The molecular formula is C20H20N4O3S. The number of rotatable bonds is 8. The number of thiophene rings is 1. The van der Waals surface area contributed by atoms with Crippen molar-refractivity contribution in [3.8, 4) is 0 Å². The molecule has 28 heavy (non-hydrogen) atoms. The normalized spacial score (nSPS) is 10.9. The molecule has 0 N–H and O–H groups in total. The topological polar surface area (TPSA) is 77.3 Å². The highest BCUT2D eigenvalue weighted by atomic mass is 32.1. The van der Waals surface area contributed by atoms with E-state index in [0.29, 0.717) is 18.8 Å². The molecule has 0 spiro atoms. The van der Waals surface area contributed by atoms with Crippen molar-refractivity contribution in [3.63, 3.8) is 0 Å². The minimum absolute atomic E-state index is 0.262. The number of ether oxygens (including phenoxy) is 1. The summed E-state index contributed by atoms with van der Waals surface area (Å²) in [6.07, 6.45) is 4.48. The summed E-state index contributed by atoms with van der Waals surface area (Å²) >= 11 is 1.57. The molecule has 7 nitrogen and oxygen atoms in total. The Morgan fingerprint density at radius 3 is 2.79 bits per heavy atom. The molecule has 144 valence electrons. The molecule has 0 atom stereocenters. The van der Waals surface area contributed by atoms with Crippen LogP contribution in [-0.2, 0) is 27.4 Å². The van der Waals surface area contributed by atoms with Crippen LogP contribution in [0.2, 0.25) is 0 Å². The molecule has 0 aliphatic heterocycles. The Hall–Kier alpha value is -3.26. The Morgan fingerprint density at radius 1 is 1.21 bits per heavy atom. The summed E-state index contributed by atoms with van der Waals surface area (Å²) < 4.78 is 6.68. The molecule has 0 saturated heterocycles. The molecule has 0 unspecified atom stereocenters. The highest BCUT2D eigenvalue weighted by Crippen LogP contribution is 2.08. The van der Waals surface area contributed by atoms with Gasteiger partial charge in [0.15, 0.2) is 6.61 Å². The van der Waals surface area contributed by atoms with Crippen LogP contribution in [0.5, 0.6) is 0 Å². The van der Waals surface area contributed by atoms with Gasteiger partial charge in [0.2, 0.25) is 0 Å². The number of amides is 1. The molecule has 2 heterocycles. The van der Waals surface area contributed by atoms with Crippen molar-refractivity contribution in [1.82, 2.24) is 19.9 Å². The second kappa shape index (κ2) is 9.61. The van der Waals surface area contributed by atoms with E-state index in [1.807, 2.05) is 47.2 Å². The monoisotopic (exact) mass is 396 g/mol. The van der Waals surface area contributed by atoms with Crippen molar-refractivity contribution in [2.45, 2.75) is 13.1 Å².